The molecule has 0 saturated carbocycles. The van der Waals surface area contributed by atoms with Gasteiger partial charge >= 0.3 is 0 Å². The van der Waals surface area contributed by atoms with Crippen molar-refractivity contribution in [3.05, 3.63) is 0 Å². The molecule has 4 heteroatoms. The van der Waals surface area contributed by atoms with Gasteiger partial charge in [-0.3, -0.25) is 4.90 Å². The molecule has 0 amide bonds. The molecule has 1 aliphatic rings. The van der Waals surface area contributed by atoms with Gasteiger partial charge in [-0.2, -0.15) is 11.8 Å². The van der Waals surface area contributed by atoms with Crippen LogP contribution in [0.5, 0.6) is 0 Å². The predicted octanol–water partition coefficient (Wildman–Crippen LogP) is 1.68. The molecule has 0 N–H and O–H groups in total. The molecular formula is C9H18ClNOS. The first kappa shape index (κ1) is 11.6. The highest BCUT2D eigenvalue weighted by Gasteiger charge is 2.17. The summed E-state index contributed by atoms with van der Waals surface area (Å²) in [4.78, 5) is 2.49. The van der Waals surface area contributed by atoms with Gasteiger partial charge in [0.05, 0.1) is 13.2 Å². The third kappa shape index (κ3) is 4.54. The smallest absolute Gasteiger partial charge is 0.0602 e. The zero-order valence-electron chi connectivity index (χ0n) is 8.17. The molecule has 2 nitrogen and oxygen atoms in total. The Kier molecular flexibility index (Phi) is 6.20. The molecule has 1 saturated heterocycles. The maximum absolute atomic E-state index is 5.51. The average Bonchev–Trinajstić information content (AvgIpc) is 2.15. The van der Waals surface area contributed by atoms with Crippen LogP contribution in [-0.2, 0) is 4.74 Å². The third-order valence-electron chi connectivity index (χ3n) is 2.25. The lowest BCUT2D eigenvalue weighted by molar-refractivity contribution is 0.105. The summed E-state index contributed by atoms with van der Waals surface area (Å²) in [6, 6.07) is 0.707. The average molecular weight is 224 g/mol. The summed E-state index contributed by atoms with van der Waals surface area (Å²) in [7, 11) is 0. The van der Waals surface area contributed by atoms with Gasteiger partial charge in [-0.05, 0) is 6.92 Å². The topological polar surface area (TPSA) is 12.5 Å². The van der Waals surface area contributed by atoms with Gasteiger partial charge < -0.3 is 4.74 Å². The Morgan fingerprint density at radius 2 is 2.38 bits per heavy atom. The van der Waals surface area contributed by atoms with Gasteiger partial charge in [0, 0.05) is 36.5 Å². The van der Waals surface area contributed by atoms with Crippen LogP contribution in [0.3, 0.4) is 0 Å². The van der Waals surface area contributed by atoms with E-state index >= 15 is 0 Å². The van der Waals surface area contributed by atoms with Crippen molar-refractivity contribution in [2.45, 2.75) is 13.0 Å². The number of hydrogen-bond donors (Lipinski definition) is 0. The molecule has 78 valence electrons. The minimum absolute atomic E-state index is 0.603. The molecule has 1 fully saturated rings. The van der Waals surface area contributed by atoms with Gasteiger partial charge in [-0.1, -0.05) is 0 Å². The Hall–Kier alpha value is 0.560. The summed E-state index contributed by atoms with van der Waals surface area (Å²) < 4.78 is 5.35. The lowest BCUT2D eigenvalue weighted by Gasteiger charge is -2.32. The Balaban J connectivity index is 2.05. The van der Waals surface area contributed by atoms with Crippen LogP contribution >= 0.6 is 23.4 Å². The molecule has 0 aliphatic carbocycles. The summed E-state index contributed by atoms with van der Waals surface area (Å²) in [5, 5.41) is 0. The Morgan fingerprint density at radius 1 is 1.54 bits per heavy atom. The van der Waals surface area contributed by atoms with E-state index in [1.165, 1.54) is 18.1 Å². The van der Waals surface area contributed by atoms with Crippen LogP contribution in [0.4, 0.5) is 0 Å². The predicted molar refractivity (Wildman–Crippen MR) is 59.9 cm³/mol. The lowest BCUT2D eigenvalue weighted by atomic mass is 10.3. The maximum Gasteiger partial charge on any atom is 0.0602 e. The first-order valence-electron chi connectivity index (χ1n) is 4.80. The van der Waals surface area contributed by atoms with Gasteiger partial charge in [0.25, 0.3) is 0 Å². The third-order valence-corrected chi connectivity index (χ3v) is 3.59. The van der Waals surface area contributed by atoms with Crippen molar-refractivity contribution in [2.24, 2.45) is 0 Å². The van der Waals surface area contributed by atoms with Crippen molar-refractivity contribution in [2.75, 3.05) is 43.7 Å². The highest BCUT2D eigenvalue weighted by molar-refractivity contribution is 7.99. The van der Waals surface area contributed by atoms with Crippen molar-refractivity contribution in [3.63, 3.8) is 0 Å². The second-order valence-electron chi connectivity index (χ2n) is 3.26. The quantitative estimate of drug-likeness (QED) is 0.520. The van der Waals surface area contributed by atoms with E-state index in [0.29, 0.717) is 18.5 Å². The molecule has 1 unspecified atom stereocenters. The van der Waals surface area contributed by atoms with Crippen molar-refractivity contribution in [1.29, 1.82) is 0 Å². The molecule has 0 radical (unpaired) electrons. The van der Waals surface area contributed by atoms with Crippen molar-refractivity contribution in [3.8, 4) is 0 Å². The molecule has 1 rings (SSSR count). The fourth-order valence-corrected chi connectivity index (χ4v) is 2.62. The normalized spacial score (nSPS) is 24.9. The van der Waals surface area contributed by atoms with E-state index in [4.69, 9.17) is 16.3 Å². The summed E-state index contributed by atoms with van der Waals surface area (Å²) in [5.41, 5.74) is 0. The van der Waals surface area contributed by atoms with Gasteiger partial charge in [-0.25, -0.2) is 0 Å². The van der Waals surface area contributed by atoms with Crippen molar-refractivity contribution in [1.82, 2.24) is 4.90 Å². The Labute approximate surface area is 90.0 Å². The van der Waals surface area contributed by atoms with E-state index in [9.17, 15) is 0 Å². The van der Waals surface area contributed by atoms with Crippen LogP contribution in [0.2, 0.25) is 0 Å². The summed E-state index contributed by atoms with van der Waals surface area (Å²) in [6.45, 7) is 6.04. The fourth-order valence-electron chi connectivity index (χ4n) is 1.43. The van der Waals surface area contributed by atoms with Crippen LogP contribution in [0.15, 0.2) is 0 Å². The molecule has 13 heavy (non-hydrogen) atoms. The molecule has 0 aromatic heterocycles. The number of nitrogens with zero attached hydrogens (tertiary/aromatic N) is 1. The van der Waals surface area contributed by atoms with Crippen molar-refractivity contribution < 1.29 is 4.74 Å². The molecule has 1 heterocycles. The van der Waals surface area contributed by atoms with Gasteiger partial charge in [0.2, 0.25) is 0 Å². The molecular weight excluding hydrogens is 206 g/mol. The van der Waals surface area contributed by atoms with Crippen LogP contribution in [0, 0.1) is 0 Å². The van der Waals surface area contributed by atoms with E-state index in [-0.39, 0.29) is 0 Å². The summed E-state index contributed by atoms with van der Waals surface area (Å²) in [6.07, 6.45) is 0. The minimum atomic E-state index is 0.603. The summed E-state index contributed by atoms with van der Waals surface area (Å²) in [5.74, 6) is 3.13. The number of alkyl halides is 1. The fraction of sp³-hybridized carbons (Fsp3) is 1.00. The number of thioether (sulfide) groups is 1. The largest absolute Gasteiger partial charge is 0.379 e. The summed E-state index contributed by atoms with van der Waals surface area (Å²) >= 11 is 7.56. The molecule has 0 bridgehead atoms. The Bertz CT molecular complexity index is 137. The second-order valence-corrected chi connectivity index (χ2v) is 4.79. The lowest BCUT2D eigenvalue weighted by Crippen LogP contribution is -2.42. The van der Waals surface area contributed by atoms with E-state index in [1.807, 2.05) is 11.8 Å². The molecule has 1 atom stereocenters. The van der Waals surface area contributed by atoms with Crippen molar-refractivity contribution >= 4 is 23.4 Å². The van der Waals surface area contributed by atoms with E-state index in [1.54, 1.807) is 0 Å². The molecule has 0 aromatic carbocycles. The molecule has 0 aromatic rings. The van der Waals surface area contributed by atoms with Gasteiger partial charge in [0.1, 0.15) is 0 Å². The first-order chi connectivity index (χ1) is 6.34. The van der Waals surface area contributed by atoms with Crippen LogP contribution < -0.4 is 0 Å². The van der Waals surface area contributed by atoms with E-state index < -0.39 is 0 Å². The highest BCUT2D eigenvalue weighted by atomic mass is 35.5. The number of halogens is 1. The van der Waals surface area contributed by atoms with Crippen LogP contribution in [0.25, 0.3) is 0 Å². The zero-order valence-corrected chi connectivity index (χ0v) is 9.74. The highest BCUT2D eigenvalue weighted by Crippen LogP contribution is 2.15. The number of hydrogen-bond acceptors (Lipinski definition) is 3. The SMILES string of the molecule is CC1CSCCN1CCOCCCl. The second kappa shape index (κ2) is 6.93. The zero-order chi connectivity index (χ0) is 9.52. The Morgan fingerprint density at radius 3 is 3.08 bits per heavy atom. The first-order valence-corrected chi connectivity index (χ1v) is 6.49. The molecule has 0 spiro atoms. The standard InChI is InChI=1S/C9H18ClNOS/c1-9-8-13-7-4-11(9)3-6-12-5-2-10/h9H,2-8H2,1H3. The van der Waals surface area contributed by atoms with Gasteiger partial charge in [0.15, 0.2) is 0 Å². The van der Waals surface area contributed by atoms with Crippen LogP contribution in [0.1, 0.15) is 6.92 Å². The minimum Gasteiger partial charge on any atom is -0.379 e. The van der Waals surface area contributed by atoms with E-state index in [2.05, 4.69) is 11.8 Å². The molecule has 1 aliphatic heterocycles. The number of ether oxygens (including phenoxy) is 1. The van der Waals surface area contributed by atoms with Crippen LogP contribution in [-0.4, -0.2) is 54.6 Å². The van der Waals surface area contributed by atoms with Gasteiger partial charge in [-0.15, -0.1) is 11.6 Å². The maximum atomic E-state index is 5.51. The van der Waals surface area contributed by atoms with E-state index in [0.717, 1.165) is 13.2 Å². The monoisotopic (exact) mass is 223 g/mol. The number of rotatable bonds is 5.